The number of allylic oxidation sites excluding steroid dienone is 2. The number of hydrogen-bond donors (Lipinski definition) is 5. The quantitative estimate of drug-likeness (QED) is 0.104. The van der Waals surface area contributed by atoms with E-state index in [1.54, 1.807) is 0 Å². The van der Waals surface area contributed by atoms with Crippen LogP contribution in [-0.2, 0) is 9.53 Å². The molecule has 5 N–H and O–H groups in total. The highest BCUT2D eigenvalue weighted by atomic mass is 16.5. The average molecular weight is 447 g/mol. The Morgan fingerprint density at radius 2 is 1.23 bits per heavy atom. The number of unbranched alkanes of at least 4 members (excludes halogenated alkanes) is 11. The highest BCUT2D eigenvalue weighted by Crippen LogP contribution is 2.11. The van der Waals surface area contributed by atoms with Crippen molar-refractivity contribution in [2.24, 2.45) is 0 Å². The van der Waals surface area contributed by atoms with E-state index in [9.17, 15) is 25.2 Å². The van der Waals surface area contributed by atoms with Crippen LogP contribution in [0.4, 0.5) is 0 Å². The first-order chi connectivity index (χ1) is 14.9. The second-order valence-electron chi connectivity index (χ2n) is 8.32. The van der Waals surface area contributed by atoms with Crippen molar-refractivity contribution in [3.8, 4) is 0 Å². The van der Waals surface area contributed by atoms with Gasteiger partial charge in [0.2, 0.25) is 0 Å². The van der Waals surface area contributed by atoms with E-state index >= 15 is 0 Å². The summed E-state index contributed by atoms with van der Waals surface area (Å²) in [6.45, 7) is 1.02. The number of rotatable bonds is 21. The van der Waals surface area contributed by atoms with Gasteiger partial charge in [0.05, 0.1) is 6.61 Å². The summed E-state index contributed by atoms with van der Waals surface area (Å²) in [6.07, 6.45) is 13.5. The van der Waals surface area contributed by atoms with Crippen molar-refractivity contribution in [1.29, 1.82) is 0 Å². The number of ether oxygens (including phenoxy) is 1. The van der Waals surface area contributed by atoms with Gasteiger partial charge in [-0.3, -0.25) is 4.79 Å². The first-order valence-corrected chi connectivity index (χ1v) is 12.1. The van der Waals surface area contributed by atoms with Crippen LogP contribution in [0.2, 0.25) is 0 Å². The average Bonchev–Trinajstić information content (AvgIpc) is 2.78. The van der Waals surface area contributed by atoms with Crippen LogP contribution in [0.25, 0.3) is 0 Å². The van der Waals surface area contributed by atoms with Crippen molar-refractivity contribution in [1.82, 2.24) is 0 Å². The van der Waals surface area contributed by atoms with Crippen LogP contribution in [0.1, 0.15) is 96.8 Å². The number of esters is 1. The van der Waals surface area contributed by atoms with Crippen LogP contribution in [0, 0.1) is 0 Å². The minimum absolute atomic E-state index is 0.239. The summed E-state index contributed by atoms with van der Waals surface area (Å²) in [7, 11) is 0. The molecule has 0 aromatic carbocycles. The minimum Gasteiger partial charge on any atom is -0.463 e. The number of hydrogen-bond acceptors (Lipinski definition) is 7. The molecule has 184 valence electrons. The van der Waals surface area contributed by atoms with Gasteiger partial charge >= 0.3 is 5.97 Å². The molecule has 0 fully saturated rings. The Balaban J connectivity index is 3.55. The fourth-order valence-electron chi connectivity index (χ4n) is 3.25. The third kappa shape index (κ3) is 17.3. The van der Waals surface area contributed by atoms with Crippen LogP contribution in [-0.4, -0.2) is 69.1 Å². The normalized spacial score (nSPS) is 15.7. The molecule has 0 aliphatic heterocycles. The van der Waals surface area contributed by atoms with E-state index < -0.39 is 43.6 Å². The molecule has 0 heterocycles. The summed E-state index contributed by atoms with van der Waals surface area (Å²) in [6, 6.07) is 0. The fourth-order valence-corrected chi connectivity index (χ4v) is 3.25. The summed E-state index contributed by atoms with van der Waals surface area (Å²) in [4.78, 5) is 11.7. The first kappa shape index (κ1) is 30.0. The van der Waals surface area contributed by atoms with Crippen molar-refractivity contribution < 1.29 is 35.1 Å². The van der Waals surface area contributed by atoms with Crippen LogP contribution in [0.15, 0.2) is 12.2 Å². The van der Waals surface area contributed by atoms with E-state index in [-0.39, 0.29) is 6.42 Å². The summed E-state index contributed by atoms with van der Waals surface area (Å²) >= 11 is 0. The van der Waals surface area contributed by atoms with Gasteiger partial charge in [-0.15, -0.1) is 0 Å². The van der Waals surface area contributed by atoms with Crippen LogP contribution in [0.5, 0.6) is 0 Å². The maximum atomic E-state index is 11.7. The molecule has 0 rings (SSSR count). The Hall–Kier alpha value is -0.990. The lowest BCUT2D eigenvalue weighted by Gasteiger charge is -2.25. The predicted octanol–water partition coefficient (Wildman–Crippen LogP) is 3.00. The molecule has 0 spiro atoms. The fraction of sp³-hybridized carbons (Fsp3) is 0.875. The third-order valence-corrected chi connectivity index (χ3v) is 5.38. The molecule has 0 bridgehead atoms. The van der Waals surface area contributed by atoms with E-state index in [1.807, 2.05) is 0 Å². The zero-order valence-corrected chi connectivity index (χ0v) is 19.3. The predicted molar refractivity (Wildman–Crippen MR) is 122 cm³/mol. The third-order valence-electron chi connectivity index (χ3n) is 5.38. The Kier molecular flexibility index (Phi) is 20.2. The van der Waals surface area contributed by atoms with Gasteiger partial charge < -0.3 is 30.3 Å². The number of aliphatic hydroxyl groups is 5. The Morgan fingerprint density at radius 1 is 0.742 bits per heavy atom. The number of carbonyl (C=O) groups is 1. The summed E-state index contributed by atoms with van der Waals surface area (Å²) in [5.74, 6) is -0.471. The van der Waals surface area contributed by atoms with E-state index in [0.717, 1.165) is 32.1 Å². The Bertz CT molecular complexity index is 442. The Labute approximate surface area is 188 Å². The molecular weight excluding hydrogens is 400 g/mol. The SMILES string of the molecule is CCCCCCCC/C=C/CCCCCCCC(=O)OCC(O)C(O)C(O)C(O)CO. The van der Waals surface area contributed by atoms with Crippen molar-refractivity contribution in [3.63, 3.8) is 0 Å². The summed E-state index contributed by atoms with van der Waals surface area (Å²) < 4.78 is 4.89. The lowest BCUT2D eigenvalue weighted by atomic mass is 10.0. The van der Waals surface area contributed by atoms with Gasteiger partial charge in [0.25, 0.3) is 0 Å². The van der Waals surface area contributed by atoms with Crippen molar-refractivity contribution in [2.75, 3.05) is 13.2 Å². The maximum absolute atomic E-state index is 11.7. The topological polar surface area (TPSA) is 127 Å². The Morgan fingerprint density at radius 3 is 1.77 bits per heavy atom. The van der Waals surface area contributed by atoms with Gasteiger partial charge in [0.1, 0.15) is 31.0 Å². The second kappa shape index (κ2) is 20.9. The molecular formula is C24H46O7. The zero-order chi connectivity index (χ0) is 23.3. The van der Waals surface area contributed by atoms with Crippen LogP contribution >= 0.6 is 0 Å². The van der Waals surface area contributed by atoms with Gasteiger partial charge in [-0.1, -0.05) is 70.4 Å². The molecule has 0 aliphatic rings. The lowest BCUT2D eigenvalue weighted by molar-refractivity contribution is -0.156. The molecule has 0 saturated heterocycles. The number of aliphatic hydroxyl groups excluding tert-OH is 5. The molecule has 0 amide bonds. The molecule has 0 radical (unpaired) electrons. The summed E-state index contributed by atoms with van der Waals surface area (Å²) in [5, 5.41) is 46.8. The van der Waals surface area contributed by atoms with Gasteiger partial charge in [-0.05, 0) is 32.1 Å². The van der Waals surface area contributed by atoms with Crippen LogP contribution in [0.3, 0.4) is 0 Å². The molecule has 0 aromatic heterocycles. The standard InChI is InChI=1S/C24H46O7/c1-2-3-4-5-6-7-8-9-10-11-12-13-14-15-16-17-22(28)31-19-21(27)24(30)23(29)20(26)18-25/h9-10,20-21,23-27,29-30H,2-8,11-19H2,1H3/b10-9+. The van der Waals surface area contributed by atoms with Crippen molar-refractivity contribution in [2.45, 2.75) is 121 Å². The van der Waals surface area contributed by atoms with E-state index in [2.05, 4.69) is 19.1 Å². The zero-order valence-electron chi connectivity index (χ0n) is 19.3. The van der Waals surface area contributed by atoms with E-state index in [0.29, 0.717) is 6.42 Å². The smallest absolute Gasteiger partial charge is 0.305 e. The molecule has 0 saturated carbocycles. The molecule has 4 unspecified atom stereocenters. The largest absolute Gasteiger partial charge is 0.463 e. The minimum atomic E-state index is -1.72. The lowest BCUT2D eigenvalue weighted by Crippen LogP contribution is -2.47. The second-order valence-corrected chi connectivity index (χ2v) is 8.32. The van der Waals surface area contributed by atoms with Gasteiger partial charge in [-0.25, -0.2) is 0 Å². The van der Waals surface area contributed by atoms with Crippen LogP contribution < -0.4 is 0 Å². The monoisotopic (exact) mass is 446 g/mol. The summed E-state index contributed by atoms with van der Waals surface area (Å²) in [5.41, 5.74) is 0. The van der Waals surface area contributed by atoms with E-state index in [4.69, 9.17) is 9.84 Å². The highest BCUT2D eigenvalue weighted by Gasteiger charge is 2.30. The first-order valence-electron chi connectivity index (χ1n) is 12.1. The molecule has 0 aliphatic carbocycles. The molecule has 4 atom stereocenters. The van der Waals surface area contributed by atoms with Gasteiger partial charge in [-0.2, -0.15) is 0 Å². The number of carbonyl (C=O) groups excluding carboxylic acids is 1. The maximum Gasteiger partial charge on any atom is 0.305 e. The molecule has 0 aromatic rings. The van der Waals surface area contributed by atoms with Gasteiger partial charge in [0, 0.05) is 6.42 Å². The van der Waals surface area contributed by atoms with Gasteiger partial charge in [0.15, 0.2) is 0 Å². The molecule has 7 nitrogen and oxygen atoms in total. The van der Waals surface area contributed by atoms with E-state index in [1.165, 1.54) is 44.9 Å². The van der Waals surface area contributed by atoms with Crippen molar-refractivity contribution >= 4 is 5.97 Å². The molecule has 7 heteroatoms. The van der Waals surface area contributed by atoms with Crippen molar-refractivity contribution in [3.05, 3.63) is 12.2 Å². The molecule has 31 heavy (non-hydrogen) atoms. The highest BCUT2D eigenvalue weighted by molar-refractivity contribution is 5.69.